The smallest absolute Gasteiger partial charge is 0.350 e. The van der Waals surface area contributed by atoms with Gasteiger partial charge in [-0.2, -0.15) is 0 Å². The van der Waals surface area contributed by atoms with Crippen LogP contribution in [-0.4, -0.2) is 12.6 Å². The predicted molar refractivity (Wildman–Crippen MR) is 79.9 cm³/mol. The van der Waals surface area contributed by atoms with Crippen LogP contribution in [0.15, 0.2) is 24.3 Å². The van der Waals surface area contributed by atoms with Gasteiger partial charge in [-0.1, -0.05) is 29.8 Å². The van der Waals surface area contributed by atoms with E-state index in [4.69, 9.17) is 22.1 Å². The highest BCUT2D eigenvalue weighted by atomic mass is 35.5. The highest BCUT2D eigenvalue weighted by molar-refractivity contribution is 7.18. The minimum atomic E-state index is -0.383. The van der Waals surface area contributed by atoms with E-state index in [0.717, 1.165) is 16.0 Å². The van der Waals surface area contributed by atoms with Crippen molar-refractivity contribution >= 4 is 34.6 Å². The minimum Gasteiger partial charge on any atom is -0.462 e. The van der Waals surface area contributed by atoms with Crippen LogP contribution in [0.5, 0.6) is 0 Å². The van der Waals surface area contributed by atoms with Crippen molar-refractivity contribution in [2.24, 2.45) is 0 Å². The van der Waals surface area contributed by atoms with E-state index in [0.29, 0.717) is 22.2 Å². The maximum atomic E-state index is 11.8. The van der Waals surface area contributed by atoms with Crippen molar-refractivity contribution in [2.45, 2.75) is 13.8 Å². The predicted octanol–water partition coefficient (Wildman–Crippen LogP) is 4.14. The van der Waals surface area contributed by atoms with Crippen LogP contribution in [0, 0.1) is 6.92 Å². The first kappa shape index (κ1) is 13.9. The van der Waals surface area contributed by atoms with Crippen LogP contribution in [0.25, 0.3) is 10.4 Å². The molecule has 2 aromatic rings. The molecule has 0 saturated heterocycles. The average molecular weight is 296 g/mol. The fourth-order valence-electron chi connectivity index (χ4n) is 1.78. The fraction of sp³-hybridized carbons (Fsp3) is 0.214. The number of halogens is 1. The molecule has 0 fully saturated rings. The van der Waals surface area contributed by atoms with Gasteiger partial charge in [-0.05, 0) is 25.5 Å². The van der Waals surface area contributed by atoms with Crippen LogP contribution in [0.4, 0.5) is 5.69 Å². The number of carbonyl (C=O) groups is 1. The number of nitrogens with two attached hydrogens (primary N) is 1. The van der Waals surface area contributed by atoms with Crippen LogP contribution in [0.3, 0.4) is 0 Å². The molecule has 0 aliphatic rings. The Morgan fingerprint density at radius 1 is 1.42 bits per heavy atom. The van der Waals surface area contributed by atoms with Crippen molar-refractivity contribution in [3.8, 4) is 10.4 Å². The first-order chi connectivity index (χ1) is 9.06. The maximum absolute atomic E-state index is 11.8. The molecule has 0 spiro atoms. The number of carbonyl (C=O) groups excluding carboxylic acids is 1. The van der Waals surface area contributed by atoms with Crippen molar-refractivity contribution in [1.29, 1.82) is 0 Å². The monoisotopic (exact) mass is 295 g/mol. The molecule has 0 atom stereocenters. The first-order valence-electron chi connectivity index (χ1n) is 5.87. The number of thiophene rings is 1. The standard InChI is InChI=1S/C14H14ClNO2S/c1-3-18-14(17)13-11(16)8(2)12(19-13)9-6-4-5-7-10(9)15/h4-7H,3,16H2,1-2H3. The summed E-state index contributed by atoms with van der Waals surface area (Å²) < 4.78 is 5.00. The van der Waals surface area contributed by atoms with Gasteiger partial charge < -0.3 is 10.5 Å². The molecule has 1 aromatic carbocycles. The molecule has 2 N–H and O–H groups in total. The Morgan fingerprint density at radius 2 is 2.11 bits per heavy atom. The van der Waals surface area contributed by atoms with Crippen LogP contribution >= 0.6 is 22.9 Å². The second-order valence-corrected chi connectivity index (χ2v) is 5.43. The van der Waals surface area contributed by atoms with Gasteiger partial charge in [0.05, 0.1) is 12.3 Å². The van der Waals surface area contributed by atoms with Crippen LogP contribution < -0.4 is 5.73 Å². The molecule has 0 bridgehead atoms. The lowest BCUT2D eigenvalue weighted by molar-refractivity contribution is 0.0533. The maximum Gasteiger partial charge on any atom is 0.350 e. The zero-order valence-electron chi connectivity index (χ0n) is 10.7. The zero-order valence-corrected chi connectivity index (χ0v) is 12.3. The molecule has 1 heterocycles. The van der Waals surface area contributed by atoms with E-state index in [1.54, 1.807) is 6.92 Å². The summed E-state index contributed by atoms with van der Waals surface area (Å²) in [5.41, 5.74) is 8.20. The summed E-state index contributed by atoms with van der Waals surface area (Å²) in [5, 5.41) is 0.641. The largest absolute Gasteiger partial charge is 0.462 e. The lowest BCUT2D eigenvalue weighted by atomic mass is 10.1. The van der Waals surface area contributed by atoms with Gasteiger partial charge in [-0.3, -0.25) is 0 Å². The lowest BCUT2D eigenvalue weighted by Gasteiger charge is -2.02. The third-order valence-corrected chi connectivity index (χ3v) is 4.42. The minimum absolute atomic E-state index is 0.330. The second-order valence-electron chi connectivity index (χ2n) is 4.00. The van der Waals surface area contributed by atoms with Gasteiger partial charge in [0.15, 0.2) is 0 Å². The molecule has 0 saturated carbocycles. The number of nitrogen functional groups attached to an aromatic ring is 1. The van der Waals surface area contributed by atoms with E-state index >= 15 is 0 Å². The summed E-state index contributed by atoms with van der Waals surface area (Å²) >= 11 is 7.50. The Hall–Kier alpha value is -1.52. The van der Waals surface area contributed by atoms with Gasteiger partial charge in [0.25, 0.3) is 0 Å². The number of ether oxygens (including phenoxy) is 1. The molecular weight excluding hydrogens is 282 g/mol. The van der Waals surface area contributed by atoms with Crippen molar-refractivity contribution in [1.82, 2.24) is 0 Å². The van der Waals surface area contributed by atoms with E-state index in [2.05, 4.69) is 0 Å². The Balaban J connectivity index is 2.52. The van der Waals surface area contributed by atoms with E-state index in [1.165, 1.54) is 11.3 Å². The fourth-order valence-corrected chi connectivity index (χ4v) is 3.22. The van der Waals surface area contributed by atoms with E-state index < -0.39 is 0 Å². The molecule has 100 valence electrons. The van der Waals surface area contributed by atoms with Crippen LogP contribution in [-0.2, 0) is 4.74 Å². The lowest BCUT2D eigenvalue weighted by Crippen LogP contribution is -2.05. The SMILES string of the molecule is CCOC(=O)c1sc(-c2ccccc2Cl)c(C)c1N. The molecule has 3 nitrogen and oxygen atoms in total. The van der Waals surface area contributed by atoms with Crippen molar-refractivity contribution in [3.63, 3.8) is 0 Å². The Kier molecular flexibility index (Phi) is 4.12. The number of benzene rings is 1. The van der Waals surface area contributed by atoms with Gasteiger partial charge in [0, 0.05) is 15.5 Å². The molecule has 0 amide bonds. The molecular formula is C14H14ClNO2S. The molecule has 0 aliphatic heterocycles. The molecule has 0 radical (unpaired) electrons. The van der Waals surface area contributed by atoms with E-state index in [9.17, 15) is 4.79 Å². The number of anilines is 1. The highest BCUT2D eigenvalue weighted by Gasteiger charge is 2.21. The van der Waals surface area contributed by atoms with E-state index in [-0.39, 0.29) is 5.97 Å². The quantitative estimate of drug-likeness (QED) is 0.866. The molecule has 19 heavy (non-hydrogen) atoms. The Labute approximate surface area is 121 Å². The first-order valence-corrected chi connectivity index (χ1v) is 7.06. The second kappa shape index (κ2) is 5.63. The summed E-state index contributed by atoms with van der Waals surface area (Å²) in [4.78, 5) is 13.2. The third kappa shape index (κ3) is 2.60. The van der Waals surface area contributed by atoms with Gasteiger partial charge in [-0.15, -0.1) is 11.3 Å². The number of esters is 1. The topological polar surface area (TPSA) is 52.3 Å². The van der Waals surface area contributed by atoms with Crippen LogP contribution in [0.2, 0.25) is 5.02 Å². The molecule has 0 unspecified atom stereocenters. The van der Waals surface area contributed by atoms with Crippen molar-refractivity contribution in [3.05, 3.63) is 39.7 Å². The van der Waals surface area contributed by atoms with Crippen molar-refractivity contribution in [2.75, 3.05) is 12.3 Å². The van der Waals surface area contributed by atoms with Gasteiger partial charge in [0.2, 0.25) is 0 Å². The molecule has 0 aliphatic carbocycles. The summed E-state index contributed by atoms with van der Waals surface area (Å²) in [6.45, 7) is 3.98. The van der Waals surface area contributed by atoms with Gasteiger partial charge >= 0.3 is 5.97 Å². The van der Waals surface area contributed by atoms with Crippen LogP contribution in [0.1, 0.15) is 22.2 Å². The number of hydrogen-bond donors (Lipinski definition) is 1. The highest BCUT2D eigenvalue weighted by Crippen LogP contribution is 2.41. The third-order valence-electron chi connectivity index (χ3n) is 2.77. The summed E-state index contributed by atoms with van der Waals surface area (Å²) in [6, 6.07) is 7.50. The average Bonchev–Trinajstić information content (AvgIpc) is 2.68. The molecule has 5 heteroatoms. The molecule has 2 rings (SSSR count). The summed E-state index contributed by atoms with van der Waals surface area (Å²) in [5.74, 6) is -0.383. The van der Waals surface area contributed by atoms with Gasteiger partial charge in [0.1, 0.15) is 4.88 Å². The number of hydrogen-bond acceptors (Lipinski definition) is 4. The summed E-state index contributed by atoms with van der Waals surface area (Å²) in [6.07, 6.45) is 0. The Bertz CT molecular complexity index is 622. The van der Waals surface area contributed by atoms with E-state index in [1.807, 2.05) is 31.2 Å². The summed E-state index contributed by atoms with van der Waals surface area (Å²) in [7, 11) is 0. The number of rotatable bonds is 3. The Morgan fingerprint density at radius 3 is 2.74 bits per heavy atom. The van der Waals surface area contributed by atoms with Gasteiger partial charge in [-0.25, -0.2) is 4.79 Å². The normalized spacial score (nSPS) is 10.5. The molecule has 1 aromatic heterocycles. The zero-order chi connectivity index (χ0) is 14.0. The van der Waals surface area contributed by atoms with Crippen molar-refractivity contribution < 1.29 is 9.53 Å².